The fraction of sp³-hybridized carbons (Fsp3) is 1.00. The summed E-state index contributed by atoms with van der Waals surface area (Å²) in [5, 5.41) is 3.39. The molecule has 0 aliphatic carbocycles. The van der Waals surface area contributed by atoms with Gasteiger partial charge in [0.1, 0.15) is 0 Å². The Morgan fingerprint density at radius 3 is 2.85 bits per heavy atom. The maximum Gasteiger partial charge on any atom is 0.0778 e. The van der Waals surface area contributed by atoms with Crippen LogP contribution in [0.25, 0.3) is 0 Å². The minimum absolute atomic E-state index is 0.0989. The summed E-state index contributed by atoms with van der Waals surface area (Å²) in [6, 6.07) is 0. The average Bonchev–Trinajstić information content (AvgIpc) is 2.15. The summed E-state index contributed by atoms with van der Waals surface area (Å²) in [5.41, 5.74) is 0.0989. The Bertz CT molecular complexity index is 141. The van der Waals surface area contributed by atoms with Crippen molar-refractivity contribution in [3.8, 4) is 0 Å². The molecular formula is C11H23NO. The molecular weight excluding hydrogens is 162 g/mol. The Morgan fingerprint density at radius 1 is 1.54 bits per heavy atom. The van der Waals surface area contributed by atoms with E-state index in [0.29, 0.717) is 5.92 Å². The normalized spacial score (nSPS) is 31.6. The monoisotopic (exact) mass is 185 g/mol. The van der Waals surface area contributed by atoms with Crippen molar-refractivity contribution in [1.82, 2.24) is 5.32 Å². The van der Waals surface area contributed by atoms with Gasteiger partial charge < -0.3 is 10.1 Å². The zero-order chi connectivity index (χ0) is 9.73. The third-order valence-electron chi connectivity index (χ3n) is 2.97. The van der Waals surface area contributed by atoms with E-state index in [1.54, 1.807) is 0 Å². The zero-order valence-electron chi connectivity index (χ0n) is 9.23. The van der Waals surface area contributed by atoms with Crippen LogP contribution in [0.2, 0.25) is 0 Å². The lowest BCUT2D eigenvalue weighted by Crippen LogP contribution is -2.45. The smallest absolute Gasteiger partial charge is 0.0778 e. The molecule has 2 atom stereocenters. The predicted molar refractivity (Wildman–Crippen MR) is 55.9 cm³/mol. The van der Waals surface area contributed by atoms with Gasteiger partial charge in [0.15, 0.2) is 0 Å². The topological polar surface area (TPSA) is 21.3 Å². The Kier molecular flexibility index (Phi) is 4.20. The van der Waals surface area contributed by atoms with Gasteiger partial charge in [-0.1, -0.05) is 20.3 Å². The molecule has 78 valence electrons. The first-order chi connectivity index (χ1) is 6.16. The highest BCUT2D eigenvalue weighted by Gasteiger charge is 2.27. The Hall–Kier alpha value is -0.0800. The molecule has 0 radical (unpaired) electrons. The lowest BCUT2D eigenvalue weighted by molar-refractivity contribution is -0.0596. The van der Waals surface area contributed by atoms with Crippen LogP contribution in [0.1, 0.15) is 40.0 Å². The molecule has 0 aromatic carbocycles. The van der Waals surface area contributed by atoms with Crippen LogP contribution in [0.15, 0.2) is 0 Å². The van der Waals surface area contributed by atoms with Crippen LogP contribution in [0.3, 0.4) is 0 Å². The molecule has 1 saturated heterocycles. The quantitative estimate of drug-likeness (QED) is 0.725. The van der Waals surface area contributed by atoms with E-state index in [1.807, 2.05) is 0 Å². The van der Waals surface area contributed by atoms with Gasteiger partial charge >= 0.3 is 0 Å². The van der Waals surface area contributed by atoms with E-state index in [2.05, 4.69) is 26.1 Å². The summed E-state index contributed by atoms with van der Waals surface area (Å²) in [5.74, 6) is 0.693. The van der Waals surface area contributed by atoms with E-state index >= 15 is 0 Å². The third kappa shape index (κ3) is 3.65. The highest BCUT2D eigenvalue weighted by atomic mass is 16.5. The van der Waals surface area contributed by atoms with Crippen LogP contribution in [0.5, 0.6) is 0 Å². The molecule has 0 aromatic heterocycles. The van der Waals surface area contributed by atoms with E-state index in [1.165, 1.54) is 19.3 Å². The summed E-state index contributed by atoms with van der Waals surface area (Å²) >= 11 is 0. The maximum atomic E-state index is 5.96. The van der Waals surface area contributed by atoms with Crippen LogP contribution >= 0.6 is 0 Å². The number of rotatable bonds is 4. The van der Waals surface area contributed by atoms with Crippen molar-refractivity contribution in [1.29, 1.82) is 0 Å². The molecule has 0 spiro atoms. The molecule has 1 heterocycles. The molecule has 1 rings (SSSR count). The van der Waals surface area contributed by atoms with E-state index < -0.39 is 0 Å². The molecule has 1 N–H and O–H groups in total. The summed E-state index contributed by atoms with van der Waals surface area (Å²) in [4.78, 5) is 0. The number of ether oxygens (including phenoxy) is 1. The second kappa shape index (κ2) is 4.97. The van der Waals surface area contributed by atoms with Gasteiger partial charge in [0.05, 0.1) is 5.60 Å². The van der Waals surface area contributed by atoms with Crippen LogP contribution in [-0.2, 0) is 4.74 Å². The fourth-order valence-electron chi connectivity index (χ4n) is 1.61. The molecule has 0 saturated carbocycles. The molecule has 0 bridgehead atoms. The van der Waals surface area contributed by atoms with Crippen molar-refractivity contribution in [2.45, 2.75) is 45.6 Å². The number of hydrogen-bond acceptors (Lipinski definition) is 2. The molecule has 1 fully saturated rings. The van der Waals surface area contributed by atoms with Crippen molar-refractivity contribution < 1.29 is 4.74 Å². The Balaban J connectivity index is 2.24. The van der Waals surface area contributed by atoms with Gasteiger partial charge in [-0.15, -0.1) is 0 Å². The van der Waals surface area contributed by atoms with Gasteiger partial charge in [-0.25, -0.2) is 0 Å². The largest absolute Gasteiger partial charge is 0.374 e. The average molecular weight is 185 g/mol. The van der Waals surface area contributed by atoms with Gasteiger partial charge in [0, 0.05) is 13.2 Å². The first kappa shape index (κ1) is 11.0. The summed E-state index contributed by atoms with van der Waals surface area (Å²) < 4.78 is 5.96. The van der Waals surface area contributed by atoms with Gasteiger partial charge in [-0.2, -0.15) is 0 Å². The van der Waals surface area contributed by atoms with Crippen LogP contribution in [0, 0.1) is 5.92 Å². The highest BCUT2D eigenvalue weighted by Crippen LogP contribution is 2.21. The van der Waals surface area contributed by atoms with Gasteiger partial charge in [0.2, 0.25) is 0 Å². The minimum atomic E-state index is 0.0989. The van der Waals surface area contributed by atoms with E-state index in [0.717, 1.165) is 19.7 Å². The van der Waals surface area contributed by atoms with Crippen LogP contribution in [-0.4, -0.2) is 25.3 Å². The summed E-state index contributed by atoms with van der Waals surface area (Å²) in [7, 11) is 0. The van der Waals surface area contributed by atoms with Crippen molar-refractivity contribution in [2.75, 3.05) is 19.7 Å². The van der Waals surface area contributed by atoms with Gasteiger partial charge in [-0.05, 0) is 32.2 Å². The predicted octanol–water partition coefficient (Wildman–Crippen LogP) is 2.19. The van der Waals surface area contributed by atoms with E-state index in [9.17, 15) is 0 Å². The fourth-order valence-corrected chi connectivity index (χ4v) is 1.61. The highest BCUT2D eigenvalue weighted by molar-refractivity contribution is 4.82. The number of nitrogens with one attached hydrogen (secondary N) is 1. The van der Waals surface area contributed by atoms with Crippen molar-refractivity contribution in [3.05, 3.63) is 0 Å². The molecule has 0 aromatic rings. The second-order valence-corrected chi connectivity index (χ2v) is 4.55. The Morgan fingerprint density at radius 2 is 2.31 bits per heavy atom. The van der Waals surface area contributed by atoms with Crippen molar-refractivity contribution >= 4 is 0 Å². The molecule has 1 aliphatic rings. The second-order valence-electron chi connectivity index (χ2n) is 4.55. The van der Waals surface area contributed by atoms with Crippen LogP contribution < -0.4 is 5.32 Å². The lowest BCUT2D eigenvalue weighted by atomic mass is 9.96. The minimum Gasteiger partial charge on any atom is -0.374 e. The van der Waals surface area contributed by atoms with E-state index in [-0.39, 0.29) is 5.60 Å². The SMILES string of the molecule is CCC(C)COC1(C)CCCNC1. The molecule has 1 aliphatic heterocycles. The number of hydrogen-bond donors (Lipinski definition) is 1. The first-order valence-electron chi connectivity index (χ1n) is 5.51. The van der Waals surface area contributed by atoms with Crippen molar-refractivity contribution in [3.63, 3.8) is 0 Å². The van der Waals surface area contributed by atoms with Gasteiger partial charge in [-0.3, -0.25) is 0 Å². The Labute approximate surface area is 82.0 Å². The third-order valence-corrected chi connectivity index (χ3v) is 2.97. The van der Waals surface area contributed by atoms with Gasteiger partial charge in [0.25, 0.3) is 0 Å². The first-order valence-corrected chi connectivity index (χ1v) is 5.51. The molecule has 13 heavy (non-hydrogen) atoms. The summed E-state index contributed by atoms with van der Waals surface area (Å²) in [6.07, 6.45) is 3.66. The number of piperidine rings is 1. The molecule has 0 amide bonds. The lowest BCUT2D eigenvalue weighted by Gasteiger charge is -2.35. The standard InChI is InChI=1S/C11H23NO/c1-4-10(2)8-13-11(3)6-5-7-12-9-11/h10,12H,4-9H2,1-3H3. The molecule has 2 nitrogen and oxygen atoms in total. The molecule has 2 unspecified atom stereocenters. The van der Waals surface area contributed by atoms with Crippen molar-refractivity contribution in [2.24, 2.45) is 5.92 Å². The van der Waals surface area contributed by atoms with E-state index in [4.69, 9.17) is 4.74 Å². The summed E-state index contributed by atoms with van der Waals surface area (Å²) in [6.45, 7) is 9.77. The molecule has 2 heteroatoms. The zero-order valence-corrected chi connectivity index (χ0v) is 9.23. The van der Waals surface area contributed by atoms with Crippen LogP contribution in [0.4, 0.5) is 0 Å². The maximum absolute atomic E-state index is 5.96.